The van der Waals surface area contributed by atoms with E-state index in [0.29, 0.717) is 5.56 Å². The van der Waals surface area contributed by atoms with Crippen molar-refractivity contribution in [3.63, 3.8) is 0 Å². The molecule has 4 heteroatoms. The largest absolute Gasteiger partial charge is 0.322 e. The van der Waals surface area contributed by atoms with Crippen LogP contribution in [-0.2, 0) is 11.2 Å². The minimum atomic E-state index is -0.117. The number of hydrogen-bond acceptors (Lipinski definition) is 2. The summed E-state index contributed by atoms with van der Waals surface area (Å²) < 4.78 is 0. The molecule has 0 saturated heterocycles. The summed E-state index contributed by atoms with van der Waals surface area (Å²) in [6.45, 7) is 2.70. The molecule has 1 aliphatic carbocycles. The van der Waals surface area contributed by atoms with Crippen molar-refractivity contribution in [2.24, 2.45) is 5.92 Å². The van der Waals surface area contributed by atoms with Gasteiger partial charge in [0.15, 0.2) is 0 Å². The molecule has 4 rings (SSSR count). The number of rotatable bonds is 3. The van der Waals surface area contributed by atoms with Gasteiger partial charge in [0.2, 0.25) is 5.91 Å². The van der Waals surface area contributed by atoms with Crippen molar-refractivity contribution in [2.75, 3.05) is 16.8 Å². The number of hydrogen-bond donors (Lipinski definition) is 1. The van der Waals surface area contributed by atoms with Crippen molar-refractivity contribution in [2.45, 2.75) is 32.6 Å². The van der Waals surface area contributed by atoms with Gasteiger partial charge in [-0.25, -0.2) is 0 Å². The topological polar surface area (TPSA) is 49.4 Å². The van der Waals surface area contributed by atoms with Crippen LogP contribution in [0.2, 0.25) is 0 Å². The van der Waals surface area contributed by atoms with Gasteiger partial charge in [-0.2, -0.15) is 0 Å². The van der Waals surface area contributed by atoms with E-state index in [9.17, 15) is 9.59 Å². The molecule has 0 radical (unpaired) electrons. The van der Waals surface area contributed by atoms with E-state index in [-0.39, 0.29) is 17.7 Å². The molecule has 0 atom stereocenters. The Balaban J connectivity index is 1.59. The Morgan fingerprint density at radius 1 is 1.12 bits per heavy atom. The Hall–Kier alpha value is -2.62. The smallest absolute Gasteiger partial charge is 0.255 e. The second-order valence-corrected chi connectivity index (χ2v) is 6.98. The average molecular weight is 334 g/mol. The molecular formula is C21H22N2O2. The molecule has 2 amide bonds. The number of nitrogens with zero attached hydrogens (tertiary/aromatic N) is 1. The van der Waals surface area contributed by atoms with E-state index in [2.05, 4.69) is 5.32 Å². The second-order valence-electron chi connectivity index (χ2n) is 6.98. The molecule has 2 aromatic carbocycles. The SMILES string of the molecule is Cc1ccccc1C(=O)Nc1ccc2c(c1)N(C(=O)C1CC1)CCC2. The van der Waals surface area contributed by atoms with Gasteiger partial charge in [-0.15, -0.1) is 0 Å². The maximum absolute atomic E-state index is 12.6. The van der Waals surface area contributed by atoms with Crippen molar-refractivity contribution in [1.82, 2.24) is 0 Å². The summed E-state index contributed by atoms with van der Waals surface area (Å²) in [5.41, 5.74) is 4.51. The number of carbonyl (C=O) groups is 2. The Kier molecular flexibility index (Phi) is 4.04. The summed E-state index contributed by atoms with van der Waals surface area (Å²) in [6, 6.07) is 13.5. The fourth-order valence-electron chi connectivity index (χ4n) is 3.46. The molecule has 1 heterocycles. The minimum absolute atomic E-state index is 0.117. The molecule has 1 fully saturated rings. The molecule has 1 saturated carbocycles. The Morgan fingerprint density at radius 3 is 2.68 bits per heavy atom. The van der Waals surface area contributed by atoms with Gasteiger partial charge in [0.25, 0.3) is 5.91 Å². The highest BCUT2D eigenvalue weighted by atomic mass is 16.2. The van der Waals surface area contributed by atoms with Crippen LogP contribution in [0.4, 0.5) is 11.4 Å². The van der Waals surface area contributed by atoms with Gasteiger partial charge in [0.1, 0.15) is 0 Å². The van der Waals surface area contributed by atoms with Gasteiger partial charge in [-0.1, -0.05) is 24.3 Å². The van der Waals surface area contributed by atoms with Gasteiger partial charge in [-0.3, -0.25) is 9.59 Å². The molecule has 128 valence electrons. The van der Waals surface area contributed by atoms with Gasteiger partial charge >= 0.3 is 0 Å². The van der Waals surface area contributed by atoms with Crippen molar-refractivity contribution in [3.05, 3.63) is 59.2 Å². The number of fused-ring (bicyclic) bond motifs is 1. The summed E-state index contributed by atoms with van der Waals surface area (Å²) in [5, 5.41) is 2.98. The molecular weight excluding hydrogens is 312 g/mol. The first-order valence-electron chi connectivity index (χ1n) is 8.95. The van der Waals surface area contributed by atoms with Gasteiger partial charge in [-0.05, 0) is 61.9 Å². The first-order valence-corrected chi connectivity index (χ1v) is 8.95. The van der Waals surface area contributed by atoms with Crippen LogP contribution in [-0.4, -0.2) is 18.4 Å². The van der Waals surface area contributed by atoms with E-state index in [4.69, 9.17) is 0 Å². The summed E-state index contributed by atoms with van der Waals surface area (Å²) >= 11 is 0. The van der Waals surface area contributed by atoms with Gasteiger partial charge < -0.3 is 10.2 Å². The zero-order chi connectivity index (χ0) is 17.4. The highest BCUT2D eigenvalue weighted by Gasteiger charge is 2.35. The molecule has 0 aromatic heterocycles. The van der Waals surface area contributed by atoms with Crippen LogP contribution in [0.25, 0.3) is 0 Å². The number of amides is 2. The Labute approximate surface area is 147 Å². The lowest BCUT2D eigenvalue weighted by molar-refractivity contribution is -0.119. The van der Waals surface area contributed by atoms with E-state index >= 15 is 0 Å². The van der Waals surface area contributed by atoms with Crippen LogP contribution in [0, 0.1) is 12.8 Å². The maximum Gasteiger partial charge on any atom is 0.255 e. The molecule has 0 spiro atoms. The number of aryl methyl sites for hydroxylation is 2. The van der Waals surface area contributed by atoms with E-state index in [1.54, 1.807) is 0 Å². The van der Waals surface area contributed by atoms with E-state index in [1.807, 2.05) is 54.3 Å². The van der Waals surface area contributed by atoms with Gasteiger partial charge in [0.05, 0.1) is 0 Å². The molecule has 1 N–H and O–H groups in total. The summed E-state index contributed by atoms with van der Waals surface area (Å²) in [5.74, 6) is 0.327. The quantitative estimate of drug-likeness (QED) is 0.924. The van der Waals surface area contributed by atoms with Crippen LogP contribution in [0.1, 0.15) is 40.7 Å². The van der Waals surface area contributed by atoms with Crippen LogP contribution < -0.4 is 10.2 Å². The van der Waals surface area contributed by atoms with Crippen LogP contribution >= 0.6 is 0 Å². The van der Waals surface area contributed by atoms with E-state index in [0.717, 1.165) is 49.2 Å². The molecule has 2 aliphatic rings. The zero-order valence-corrected chi connectivity index (χ0v) is 14.4. The maximum atomic E-state index is 12.6. The molecule has 2 aromatic rings. The van der Waals surface area contributed by atoms with E-state index < -0.39 is 0 Å². The lowest BCUT2D eigenvalue weighted by atomic mass is 10.0. The normalized spacial score (nSPS) is 16.3. The fraction of sp³-hybridized carbons (Fsp3) is 0.333. The third-order valence-corrected chi connectivity index (χ3v) is 5.04. The third-order valence-electron chi connectivity index (χ3n) is 5.04. The van der Waals surface area contributed by atoms with Crippen molar-refractivity contribution in [3.8, 4) is 0 Å². The first kappa shape index (κ1) is 15.9. The highest BCUT2D eigenvalue weighted by Crippen LogP contribution is 2.37. The predicted octanol–water partition coefficient (Wildman–Crippen LogP) is 3.94. The number of anilines is 2. The molecule has 0 bridgehead atoms. The number of benzene rings is 2. The summed E-state index contributed by atoms with van der Waals surface area (Å²) in [7, 11) is 0. The molecule has 4 nitrogen and oxygen atoms in total. The Morgan fingerprint density at radius 2 is 1.92 bits per heavy atom. The zero-order valence-electron chi connectivity index (χ0n) is 14.4. The highest BCUT2D eigenvalue weighted by molar-refractivity contribution is 6.06. The fourth-order valence-corrected chi connectivity index (χ4v) is 3.46. The monoisotopic (exact) mass is 334 g/mol. The Bertz CT molecular complexity index is 840. The lowest BCUT2D eigenvalue weighted by Crippen LogP contribution is -2.36. The summed E-state index contributed by atoms with van der Waals surface area (Å²) in [4.78, 5) is 27.0. The molecule has 0 unspecified atom stereocenters. The number of nitrogens with one attached hydrogen (secondary N) is 1. The van der Waals surface area contributed by atoms with E-state index in [1.165, 1.54) is 5.56 Å². The summed E-state index contributed by atoms with van der Waals surface area (Å²) in [6.07, 6.45) is 4.00. The lowest BCUT2D eigenvalue weighted by Gasteiger charge is -2.30. The van der Waals surface area contributed by atoms with Crippen LogP contribution in [0.5, 0.6) is 0 Å². The van der Waals surface area contributed by atoms with Crippen molar-refractivity contribution >= 4 is 23.2 Å². The van der Waals surface area contributed by atoms with Crippen molar-refractivity contribution < 1.29 is 9.59 Å². The van der Waals surface area contributed by atoms with Crippen LogP contribution in [0.3, 0.4) is 0 Å². The van der Waals surface area contributed by atoms with Crippen molar-refractivity contribution in [1.29, 1.82) is 0 Å². The predicted molar refractivity (Wildman–Crippen MR) is 99.0 cm³/mol. The second kappa shape index (κ2) is 6.36. The third kappa shape index (κ3) is 3.16. The van der Waals surface area contributed by atoms with Crippen LogP contribution in [0.15, 0.2) is 42.5 Å². The molecule has 25 heavy (non-hydrogen) atoms. The van der Waals surface area contributed by atoms with Gasteiger partial charge in [0, 0.05) is 29.4 Å². The average Bonchev–Trinajstić information content (AvgIpc) is 3.46. The standard InChI is InChI=1S/C21H22N2O2/c1-14-5-2-3-7-18(14)20(24)22-17-11-10-15-6-4-12-23(19(15)13-17)21(25)16-8-9-16/h2-3,5,7,10-11,13,16H,4,6,8-9,12H2,1H3,(H,22,24). The first-order chi connectivity index (χ1) is 12.1. The minimum Gasteiger partial charge on any atom is -0.322 e. The molecule has 1 aliphatic heterocycles. The number of carbonyl (C=O) groups excluding carboxylic acids is 2.